The van der Waals surface area contributed by atoms with Crippen LogP contribution < -0.4 is 14.2 Å². The van der Waals surface area contributed by atoms with Crippen molar-refractivity contribution in [1.82, 2.24) is 4.90 Å². The Hall–Kier alpha value is -3.02. The van der Waals surface area contributed by atoms with Gasteiger partial charge in [0.2, 0.25) is 6.79 Å². The quantitative estimate of drug-likeness (QED) is 0.599. The van der Waals surface area contributed by atoms with Crippen molar-refractivity contribution in [3.05, 3.63) is 77.9 Å². The number of rotatable bonds is 8. The molecule has 4 rings (SSSR count). The summed E-state index contributed by atoms with van der Waals surface area (Å²) in [6, 6.07) is 22.7. The van der Waals surface area contributed by atoms with Crippen molar-refractivity contribution in [2.24, 2.45) is 0 Å². The van der Waals surface area contributed by atoms with Crippen LogP contribution in [0.1, 0.15) is 18.1 Å². The fourth-order valence-electron chi connectivity index (χ4n) is 3.70. The standard InChI is InChI=1S/C25H27NO4/c1-18(27)14-26(16-20-5-12-24-25(13-20)30-17-29-24)15-19-3-6-21(7-4-19)22-8-10-23(28-2)11-9-22/h3-13,18,27H,14-17H2,1-2H3. The molecule has 1 N–H and O–H groups in total. The van der Waals surface area contributed by atoms with Crippen molar-refractivity contribution in [2.45, 2.75) is 26.1 Å². The first-order valence-electron chi connectivity index (χ1n) is 10.1. The molecule has 1 aliphatic rings. The van der Waals surface area contributed by atoms with Crippen LogP contribution in [-0.2, 0) is 13.1 Å². The molecular weight excluding hydrogens is 378 g/mol. The van der Waals surface area contributed by atoms with Crippen molar-refractivity contribution < 1.29 is 19.3 Å². The summed E-state index contributed by atoms with van der Waals surface area (Å²) < 4.78 is 16.1. The van der Waals surface area contributed by atoms with E-state index in [1.165, 1.54) is 11.1 Å². The molecule has 1 unspecified atom stereocenters. The molecule has 3 aromatic carbocycles. The lowest BCUT2D eigenvalue weighted by Crippen LogP contribution is -2.30. The third-order valence-corrected chi connectivity index (χ3v) is 5.15. The Morgan fingerprint density at radius 1 is 0.867 bits per heavy atom. The maximum Gasteiger partial charge on any atom is 0.231 e. The number of fused-ring (bicyclic) bond motifs is 1. The van der Waals surface area contributed by atoms with Crippen LogP contribution in [0.4, 0.5) is 0 Å². The predicted octanol–water partition coefficient (Wildman–Crippen LogP) is 4.47. The molecule has 0 saturated heterocycles. The third-order valence-electron chi connectivity index (χ3n) is 5.15. The van der Waals surface area contributed by atoms with Crippen LogP contribution in [0.25, 0.3) is 11.1 Å². The summed E-state index contributed by atoms with van der Waals surface area (Å²) in [5.41, 5.74) is 4.66. The van der Waals surface area contributed by atoms with Crippen LogP contribution in [-0.4, -0.2) is 36.6 Å². The van der Waals surface area contributed by atoms with Gasteiger partial charge in [-0.25, -0.2) is 0 Å². The van der Waals surface area contributed by atoms with E-state index in [9.17, 15) is 5.11 Å². The van der Waals surface area contributed by atoms with E-state index in [1.807, 2.05) is 31.2 Å². The van der Waals surface area contributed by atoms with E-state index in [2.05, 4.69) is 47.4 Å². The largest absolute Gasteiger partial charge is 0.497 e. The Morgan fingerprint density at radius 3 is 2.13 bits per heavy atom. The van der Waals surface area contributed by atoms with Gasteiger partial charge in [-0.1, -0.05) is 42.5 Å². The Kier molecular flexibility index (Phi) is 6.21. The van der Waals surface area contributed by atoms with Gasteiger partial charge in [-0.2, -0.15) is 0 Å². The molecule has 5 heteroatoms. The molecule has 1 atom stereocenters. The maximum absolute atomic E-state index is 9.97. The molecular formula is C25H27NO4. The summed E-state index contributed by atoms with van der Waals surface area (Å²) >= 11 is 0. The van der Waals surface area contributed by atoms with Gasteiger partial charge in [0.25, 0.3) is 0 Å². The van der Waals surface area contributed by atoms with Gasteiger partial charge in [0.1, 0.15) is 5.75 Å². The van der Waals surface area contributed by atoms with Crippen molar-refractivity contribution in [3.63, 3.8) is 0 Å². The highest BCUT2D eigenvalue weighted by Crippen LogP contribution is 2.33. The van der Waals surface area contributed by atoms with Crippen LogP contribution in [0, 0.1) is 0 Å². The van der Waals surface area contributed by atoms with Crippen LogP contribution in [0.3, 0.4) is 0 Å². The lowest BCUT2D eigenvalue weighted by atomic mass is 10.0. The zero-order chi connectivity index (χ0) is 20.9. The molecule has 156 valence electrons. The fourth-order valence-corrected chi connectivity index (χ4v) is 3.70. The second kappa shape index (κ2) is 9.20. The molecule has 0 radical (unpaired) electrons. The molecule has 0 amide bonds. The molecule has 5 nitrogen and oxygen atoms in total. The number of methoxy groups -OCH3 is 1. The van der Waals surface area contributed by atoms with Crippen molar-refractivity contribution >= 4 is 0 Å². The normalized spacial score (nSPS) is 13.5. The molecule has 0 spiro atoms. The van der Waals surface area contributed by atoms with E-state index in [0.717, 1.165) is 41.5 Å². The molecule has 0 fully saturated rings. The van der Waals surface area contributed by atoms with Crippen LogP contribution in [0.5, 0.6) is 17.2 Å². The first-order chi connectivity index (χ1) is 14.6. The number of aliphatic hydroxyl groups is 1. The summed E-state index contributed by atoms with van der Waals surface area (Å²) in [5, 5.41) is 9.97. The zero-order valence-electron chi connectivity index (χ0n) is 17.4. The highest BCUT2D eigenvalue weighted by atomic mass is 16.7. The number of aliphatic hydroxyl groups excluding tert-OH is 1. The van der Waals surface area contributed by atoms with E-state index < -0.39 is 6.10 Å². The lowest BCUT2D eigenvalue weighted by Gasteiger charge is -2.24. The van der Waals surface area contributed by atoms with Crippen LogP contribution in [0.15, 0.2) is 66.7 Å². The average Bonchev–Trinajstić information content (AvgIpc) is 3.22. The number of hydrogen-bond acceptors (Lipinski definition) is 5. The number of benzene rings is 3. The minimum absolute atomic E-state index is 0.275. The topological polar surface area (TPSA) is 51.2 Å². The summed E-state index contributed by atoms with van der Waals surface area (Å²) in [5.74, 6) is 2.43. The summed E-state index contributed by atoms with van der Waals surface area (Å²) in [6.45, 7) is 4.16. The molecule has 1 heterocycles. The van der Waals surface area contributed by atoms with Gasteiger partial charge in [0.05, 0.1) is 13.2 Å². The molecule has 1 aliphatic heterocycles. The lowest BCUT2D eigenvalue weighted by molar-refractivity contribution is 0.118. The van der Waals surface area contributed by atoms with E-state index in [-0.39, 0.29) is 6.79 Å². The first-order valence-corrected chi connectivity index (χ1v) is 10.1. The van der Waals surface area contributed by atoms with Crippen molar-refractivity contribution in [3.8, 4) is 28.4 Å². The van der Waals surface area contributed by atoms with E-state index in [0.29, 0.717) is 6.54 Å². The van der Waals surface area contributed by atoms with Gasteiger partial charge in [0, 0.05) is 19.6 Å². The first kappa shape index (κ1) is 20.3. The second-order valence-corrected chi connectivity index (χ2v) is 7.63. The smallest absolute Gasteiger partial charge is 0.231 e. The second-order valence-electron chi connectivity index (χ2n) is 7.63. The Bertz CT molecular complexity index is 967. The fraction of sp³-hybridized carbons (Fsp3) is 0.280. The minimum Gasteiger partial charge on any atom is -0.497 e. The van der Waals surface area contributed by atoms with E-state index >= 15 is 0 Å². The average molecular weight is 405 g/mol. The van der Waals surface area contributed by atoms with Gasteiger partial charge in [-0.3, -0.25) is 4.90 Å². The summed E-state index contributed by atoms with van der Waals surface area (Å²) in [4.78, 5) is 2.24. The van der Waals surface area contributed by atoms with Gasteiger partial charge >= 0.3 is 0 Å². The zero-order valence-corrected chi connectivity index (χ0v) is 17.4. The monoisotopic (exact) mass is 405 g/mol. The van der Waals surface area contributed by atoms with Crippen LogP contribution >= 0.6 is 0 Å². The van der Waals surface area contributed by atoms with Gasteiger partial charge in [-0.15, -0.1) is 0 Å². The van der Waals surface area contributed by atoms with Gasteiger partial charge in [-0.05, 0) is 53.4 Å². The van der Waals surface area contributed by atoms with Crippen LogP contribution in [0.2, 0.25) is 0 Å². The predicted molar refractivity (Wildman–Crippen MR) is 117 cm³/mol. The SMILES string of the molecule is COc1ccc(-c2ccc(CN(Cc3ccc4c(c3)OCO4)CC(C)O)cc2)cc1. The molecule has 0 aliphatic carbocycles. The van der Waals surface area contributed by atoms with Crippen molar-refractivity contribution in [2.75, 3.05) is 20.4 Å². The number of nitrogens with zero attached hydrogens (tertiary/aromatic N) is 1. The molecule has 30 heavy (non-hydrogen) atoms. The maximum atomic E-state index is 9.97. The molecule has 0 aromatic heterocycles. The van der Waals surface area contributed by atoms with E-state index in [1.54, 1.807) is 7.11 Å². The highest BCUT2D eigenvalue weighted by Gasteiger charge is 2.16. The summed E-state index contributed by atoms with van der Waals surface area (Å²) in [6.07, 6.45) is -0.405. The van der Waals surface area contributed by atoms with Crippen molar-refractivity contribution in [1.29, 1.82) is 0 Å². The minimum atomic E-state index is -0.405. The third kappa shape index (κ3) is 4.93. The summed E-state index contributed by atoms with van der Waals surface area (Å²) in [7, 11) is 1.67. The number of ether oxygens (including phenoxy) is 3. The Morgan fingerprint density at radius 2 is 1.47 bits per heavy atom. The number of hydrogen-bond donors (Lipinski definition) is 1. The highest BCUT2D eigenvalue weighted by molar-refractivity contribution is 5.64. The Balaban J connectivity index is 1.45. The van der Waals surface area contributed by atoms with Gasteiger partial charge in [0.15, 0.2) is 11.5 Å². The van der Waals surface area contributed by atoms with E-state index in [4.69, 9.17) is 14.2 Å². The molecule has 3 aromatic rings. The molecule has 0 bridgehead atoms. The molecule has 0 saturated carbocycles. The van der Waals surface area contributed by atoms with Gasteiger partial charge < -0.3 is 19.3 Å². The Labute approximate surface area is 177 Å².